The zero-order chi connectivity index (χ0) is 15.4. The van der Waals surface area contributed by atoms with Gasteiger partial charge in [-0.15, -0.1) is 0 Å². The minimum Gasteiger partial charge on any atom is -0.481 e. The van der Waals surface area contributed by atoms with Crippen molar-refractivity contribution >= 4 is 11.9 Å². The minimum atomic E-state index is -0.768. The van der Waals surface area contributed by atoms with Gasteiger partial charge in [0.25, 0.3) is 0 Å². The zero-order valence-electron chi connectivity index (χ0n) is 12.9. The van der Waals surface area contributed by atoms with Gasteiger partial charge in [0.1, 0.15) is 0 Å². The molecule has 116 valence electrons. The van der Waals surface area contributed by atoms with Crippen LogP contribution >= 0.6 is 0 Å². The lowest BCUT2D eigenvalue weighted by Gasteiger charge is -2.40. The second-order valence-electron chi connectivity index (χ2n) is 6.74. The molecule has 1 aliphatic heterocycles. The van der Waals surface area contributed by atoms with Crippen molar-refractivity contribution < 1.29 is 14.7 Å². The molecule has 0 spiro atoms. The average molecular weight is 284 g/mol. The molecule has 0 aromatic heterocycles. The number of aliphatic carboxylic acids is 1. The molecule has 1 heterocycles. The van der Waals surface area contributed by atoms with E-state index in [1.165, 1.54) is 0 Å². The van der Waals surface area contributed by atoms with Gasteiger partial charge in [-0.2, -0.15) is 0 Å². The minimum absolute atomic E-state index is 0.0324. The topological polar surface area (TPSA) is 83.6 Å². The number of carboxylic acids is 1. The third-order valence-corrected chi connectivity index (χ3v) is 4.10. The van der Waals surface area contributed by atoms with Gasteiger partial charge in [0, 0.05) is 25.0 Å². The molecule has 0 saturated carbocycles. The van der Waals surface area contributed by atoms with Crippen LogP contribution in [-0.2, 0) is 9.59 Å². The molecular weight excluding hydrogens is 256 g/mol. The van der Waals surface area contributed by atoms with Gasteiger partial charge >= 0.3 is 5.97 Å². The van der Waals surface area contributed by atoms with Crippen LogP contribution in [0.15, 0.2) is 0 Å². The maximum Gasteiger partial charge on any atom is 0.311 e. The summed E-state index contributed by atoms with van der Waals surface area (Å²) in [6.45, 7) is 6.80. The van der Waals surface area contributed by atoms with Gasteiger partial charge in [-0.05, 0) is 39.5 Å². The van der Waals surface area contributed by atoms with Crippen LogP contribution in [0.4, 0.5) is 0 Å². The summed E-state index contributed by atoms with van der Waals surface area (Å²) in [5.41, 5.74) is 4.79. The molecule has 20 heavy (non-hydrogen) atoms. The quantitative estimate of drug-likeness (QED) is 0.781. The van der Waals surface area contributed by atoms with E-state index in [9.17, 15) is 14.7 Å². The predicted octanol–water partition coefficient (Wildman–Crippen LogP) is 2.00. The summed E-state index contributed by atoms with van der Waals surface area (Å²) >= 11 is 0. The average Bonchev–Trinajstić information content (AvgIpc) is 2.35. The van der Waals surface area contributed by atoms with E-state index >= 15 is 0 Å². The fraction of sp³-hybridized carbons (Fsp3) is 0.867. The molecule has 0 aliphatic carbocycles. The highest BCUT2D eigenvalue weighted by molar-refractivity contribution is 5.79. The monoisotopic (exact) mass is 284 g/mol. The van der Waals surface area contributed by atoms with Crippen LogP contribution in [0, 0.1) is 5.41 Å². The smallest absolute Gasteiger partial charge is 0.311 e. The molecule has 1 atom stereocenters. The van der Waals surface area contributed by atoms with E-state index in [2.05, 4.69) is 0 Å². The van der Waals surface area contributed by atoms with Crippen molar-refractivity contribution in [3.63, 3.8) is 0 Å². The summed E-state index contributed by atoms with van der Waals surface area (Å²) < 4.78 is 0. The Morgan fingerprint density at radius 2 is 2.05 bits per heavy atom. The van der Waals surface area contributed by atoms with Gasteiger partial charge < -0.3 is 15.7 Å². The fourth-order valence-corrected chi connectivity index (χ4v) is 2.90. The number of hydrogen-bond donors (Lipinski definition) is 2. The lowest BCUT2D eigenvalue weighted by atomic mass is 9.76. The van der Waals surface area contributed by atoms with E-state index in [1.807, 2.05) is 20.8 Å². The summed E-state index contributed by atoms with van der Waals surface area (Å²) in [5.74, 6) is -0.735. The highest BCUT2D eigenvalue weighted by Crippen LogP contribution is 2.35. The molecule has 3 N–H and O–H groups in total. The summed E-state index contributed by atoms with van der Waals surface area (Å²) in [7, 11) is 0. The standard InChI is InChI=1S/C15H28N2O3/c1-4-7-15(13(19)20)8-5-10-17(11-15)12(18)6-9-14(2,3)16/h4-11,16H2,1-3H3,(H,19,20). The van der Waals surface area contributed by atoms with Crippen LogP contribution in [0.3, 0.4) is 0 Å². The Hall–Kier alpha value is -1.10. The number of hydrogen-bond acceptors (Lipinski definition) is 3. The number of likely N-dealkylation sites (tertiary alicyclic amines) is 1. The summed E-state index contributed by atoms with van der Waals surface area (Å²) in [4.78, 5) is 25.6. The Morgan fingerprint density at radius 3 is 2.55 bits per heavy atom. The molecule has 0 bridgehead atoms. The first-order valence-electron chi connectivity index (χ1n) is 7.50. The van der Waals surface area contributed by atoms with Gasteiger partial charge in [0.2, 0.25) is 5.91 Å². The number of piperidine rings is 1. The second-order valence-corrected chi connectivity index (χ2v) is 6.74. The maximum atomic E-state index is 12.2. The van der Waals surface area contributed by atoms with Crippen molar-refractivity contribution in [3.05, 3.63) is 0 Å². The summed E-state index contributed by atoms with van der Waals surface area (Å²) in [5, 5.41) is 9.52. The van der Waals surface area contributed by atoms with Crippen molar-refractivity contribution in [2.75, 3.05) is 13.1 Å². The fourth-order valence-electron chi connectivity index (χ4n) is 2.90. The lowest BCUT2D eigenvalue weighted by molar-refractivity contribution is -0.155. The van der Waals surface area contributed by atoms with Crippen LogP contribution < -0.4 is 5.73 Å². The number of carbonyl (C=O) groups is 2. The summed E-state index contributed by atoms with van der Waals surface area (Å²) in [6, 6.07) is 0. The molecule has 0 aromatic carbocycles. The number of carboxylic acid groups (broad SMARTS) is 1. The molecule has 5 heteroatoms. The van der Waals surface area contributed by atoms with Crippen molar-refractivity contribution in [1.29, 1.82) is 0 Å². The van der Waals surface area contributed by atoms with Crippen LogP contribution in [0.5, 0.6) is 0 Å². The SMILES string of the molecule is CCCC1(C(=O)O)CCCN(C(=O)CCC(C)(C)N)C1. The second kappa shape index (κ2) is 6.57. The van der Waals surface area contributed by atoms with Gasteiger partial charge in [0.15, 0.2) is 0 Å². The van der Waals surface area contributed by atoms with Gasteiger partial charge in [-0.25, -0.2) is 0 Å². The zero-order valence-corrected chi connectivity index (χ0v) is 12.9. The molecular formula is C15H28N2O3. The van der Waals surface area contributed by atoms with E-state index in [1.54, 1.807) is 4.90 Å². The molecule has 5 nitrogen and oxygen atoms in total. The highest BCUT2D eigenvalue weighted by Gasteiger charge is 2.42. The highest BCUT2D eigenvalue weighted by atomic mass is 16.4. The van der Waals surface area contributed by atoms with E-state index in [0.717, 1.165) is 12.8 Å². The molecule has 1 rings (SSSR count). The van der Waals surface area contributed by atoms with Crippen molar-refractivity contribution in [2.24, 2.45) is 11.1 Å². The van der Waals surface area contributed by atoms with E-state index in [0.29, 0.717) is 38.8 Å². The first-order valence-corrected chi connectivity index (χ1v) is 7.50. The van der Waals surface area contributed by atoms with Crippen molar-refractivity contribution in [3.8, 4) is 0 Å². The normalized spacial score (nSPS) is 23.7. The predicted molar refractivity (Wildman–Crippen MR) is 78.3 cm³/mol. The number of nitrogens with zero attached hydrogens (tertiary/aromatic N) is 1. The first-order chi connectivity index (χ1) is 9.20. The number of nitrogens with two attached hydrogens (primary N) is 1. The van der Waals surface area contributed by atoms with Gasteiger partial charge in [-0.1, -0.05) is 13.3 Å². The Balaban J connectivity index is 2.68. The number of amides is 1. The Bertz CT molecular complexity index is 359. The molecule has 1 amide bonds. The first kappa shape index (κ1) is 17.0. The molecule has 0 radical (unpaired) electrons. The largest absolute Gasteiger partial charge is 0.481 e. The molecule has 1 fully saturated rings. The molecule has 0 aromatic rings. The number of carbonyl (C=O) groups excluding carboxylic acids is 1. The van der Waals surface area contributed by atoms with Crippen LogP contribution in [0.25, 0.3) is 0 Å². The van der Waals surface area contributed by atoms with Crippen LogP contribution in [0.2, 0.25) is 0 Å². The van der Waals surface area contributed by atoms with Gasteiger partial charge in [0.05, 0.1) is 5.41 Å². The Morgan fingerprint density at radius 1 is 1.40 bits per heavy atom. The van der Waals surface area contributed by atoms with Crippen molar-refractivity contribution in [2.45, 2.75) is 64.8 Å². The lowest BCUT2D eigenvalue weighted by Crippen LogP contribution is -2.50. The van der Waals surface area contributed by atoms with E-state index in [4.69, 9.17) is 5.73 Å². The third kappa shape index (κ3) is 4.47. The molecule has 1 unspecified atom stereocenters. The van der Waals surface area contributed by atoms with Crippen molar-refractivity contribution in [1.82, 2.24) is 4.90 Å². The Labute approximate surface area is 121 Å². The maximum absolute atomic E-state index is 12.2. The molecule has 1 saturated heterocycles. The van der Waals surface area contributed by atoms with E-state index < -0.39 is 11.4 Å². The summed E-state index contributed by atoms with van der Waals surface area (Å²) in [6.07, 6.45) is 3.91. The third-order valence-electron chi connectivity index (χ3n) is 4.10. The molecule has 1 aliphatic rings. The van der Waals surface area contributed by atoms with E-state index in [-0.39, 0.29) is 11.4 Å². The Kier molecular flexibility index (Phi) is 5.57. The van der Waals surface area contributed by atoms with Crippen LogP contribution in [-0.4, -0.2) is 40.5 Å². The van der Waals surface area contributed by atoms with Crippen LogP contribution in [0.1, 0.15) is 59.3 Å². The van der Waals surface area contributed by atoms with Gasteiger partial charge in [-0.3, -0.25) is 9.59 Å². The number of rotatable bonds is 6.